The van der Waals surface area contributed by atoms with Crippen LogP contribution in [0.25, 0.3) is 0 Å². The first kappa shape index (κ1) is 14.7. The number of aryl methyl sites for hydroxylation is 1. The average Bonchev–Trinajstić information content (AvgIpc) is 2.57. The van der Waals surface area contributed by atoms with E-state index in [1.807, 2.05) is 12.1 Å². The number of nitrogens with two attached hydrogens (primary N) is 1. The zero-order valence-corrected chi connectivity index (χ0v) is 12.8. The predicted molar refractivity (Wildman–Crippen MR) is 88.6 cm³/mol. The van der Waals surface area contributed by atoms with E-state index in [1.54, 1.807) is 13.2 Å². The van der Waals surface area contributed by atoms with Gasteiger partial charge in [-0.3, -0.25) is 0 Å². The van der Waals surface area contributed by atoms with Gasteiger partial charge in [-0.1, -0.05) is 24.3 Å². The molecular weight excluding hydrogens is 276 g/mol. The topological polar surface area (TPSA) is 58.7 Å². The molecule has 0 fully saturated rings. The highest BCUT2D eigenvalue weighted by molar-refractivity contribution is 5.58. The van der Waals surface area contributed by atoms with Crippen molar-refractivity contribution in [3.05, 3.63) is 53.6 Å². The molecule has 0 amide bonds. The Kier molecular flexibility index (Phi) is 4.20. The zero-order chi connectivity index (χ0) is 15.5. The minimum atomic E-state index is 0.0796. The Balaban J connectivity index is 1.99. The summed E-state index contributed by atoms with van der Waals surface area (Å²) >= 11 is 0. The summed E-state index contributed by atoms with van der Waals surface area (Å²) in [6.45, 7) is 1.50. The molecule has 1 aliphatic rings. The number of phenolic OH excluding ortho intramolecular Hbond substituents is 1. The van der Waals surface area contributed by atoms with Crippen LogP contribution in [0.2, 0.25) is 0 Å². The van der Waals surface area contributed by atoms with E-state index in [0.29, 0.717) is 12.3 Å². The van der Waals surface area contributed by atoms with Crippen LogP contribution in [0.4, 0.5) is 5.69 Å². The van der Waals surface area contributed by atoms with Crippen molar-refractivity contribution in [3.63, 3.8) is 0 Å². The van der Waals surface area contributed by atoms with Crippen LogP contribution in [0.1, 0.15) is 23.6 Å². The van der Waals surface area contributed by atoms with Crippen LogP contribution in [0.3, 0.4) is 0 Å². The molecule has 2 aromatic carbocycles. The number of nitrogens with zero attached hydrogens (tertiary/aromatic N) is 1. The molecule has 0 aromatic heterocycles. The lowest BCUT2D eigenvalue weighted by molar-refractivity contribution is 0.372. The molecule has 3 N–H and O–H groups in total. The van der Waals surface area contributed by atoms with Gasteiger partial charge in [0, 0.05) is 18.8 Å². The summed E-state index contributed by atoms with van der Waals surface area (Å²) in [5.41, 5.74) is 9.77. The Labute approximate surface area is 131 Å². The molecule has 116 valence electrons. The van der Waals surface area contributed by atoms with Crippen LogP contribution >= 0.6 is 0 Å². The number of benzene rings is 2. The lowest BCUT2D eigenvalue weighted by Crippen LogP contribution is -2.37. The van der Waals surface area contributed by atoms with Gasteiger partial charge in [0.1, 0.15) is 0 Å². The quantitative estimate of drug-likeness (QED) is 0.911. The summed E-state index contributed by atoms with van der Waals surface area (Å²) in [5.74, 6) is 0.641. The van der Waals surface area contributed by atoms with E-state index in [9.17, 15) is 5.11 Å². The van der Waals surface area contributed by atoms with Crippen molar-refractivity contribution in [2.24, 2.45) is 5.73 Å². The maximum atomic E-state index is 9.79. The van der Waals surface area contributed by atoms with E-state index >= 15 is 0 Å². The molecule has 0 bridgehead atoms. The van der Waals surface area contributed by atoms with E-state index in [2.05, 4.69) is 29.2 Å². The van der Waals surface area contributed by atoms with Crippen molar-refractivity contribution >= 4 is 5.69 Å². The van der Waals surface area contributed by atoms with Crippen LogP contribution < -0.4 is 15.4 Å². The van der Waals surface area contributed by atoms with Gasteiger partial charge >= 0.3 is 0 Å². The molecule has 4 heteroatoms. The fourth-order valence-corrected chi connectivity index (χ4v) is 3.23. The highest BCUT2D eigenvalue weighted by Gasteiger charge is 2.25. The Hall–Kier alpha value is -2.20. The first-order valence-electron chi connectivity index (χ1n) is 7.66. The van der Waals surface area contributed by atoms with Crippen LogP contribution in [0.5, 0.6) is 11.5 Å². The molecule has 0 spiro atoms. The van der Waals surface area contributed by atoms with Crippen molar-refractivity contribution in [3.8, 4) is 11.5 Å². The maximum Gasteiger partial charge on any atom is 0.160 e. The molecule has 3 rings (SSSR count). The molecule has 1 aliphatic heterocycles. The van der Waals surface area contributed by atoms with Gasteiger partial charge in [-0.05, 0) is 42.2 Å². The van der Waals surface area contributed by atoms with Crippen molar-refractivity contribution in [1.82, 2.24) is 0 Å². The molecule has 0 saturated heterocycles. The number of ether oxygens (including phenoxy) is 1. The van der Waals surface area contributed by atoms with Crippen LogP contribution in [0, 0.1) is 0 Å². The summed E-state index contributed by atoms with van der Waals surface area (Å²) in [5, 5.41) is 9.79. The predicted octanol–water partition coefficient (Wildman–Crippen LogP) is 2.85. The number of para-hydroxylation sites is 1. The molecule has 2 aromatic rings. The smallest absolute Gasteiger partial charge is 0.160 e. The SMILES string of the molecule is COc1cc(C(CN)N2CCCc3ccccc32)ccc1O. The third kappa shape index (κ3) is 2.62. The molecule has 0 aliphatic carbocycles. The van der Waals surface area contributed by atoms with E-state index in [1.165, 1.54) is 11.3 Å². The number of anilines is 1. The molecule has 0 saturated carbocycles. The summed E-state index contributed by atoms with van der Waals surface area (Å²) in [7, 11) is 1.56. The number of hydrogen-bond acceptors (Lipinski definition) is 4. The Morgan fingerprint density at radius 3 is 2.86 bits per heavy atom. The number of phenols is 1. The molecular formula is C18H22N2O2. The fourth-order valence-electron chi connectivity index (χ4n) is 3.23. The second-order valence-electron chi connectivity index (χ2n) is 5.61. The van der Waals surface area contributed by atoms with Gasteiger partial charge in [-0.25, -0.2) is 0 Å². The Morgan fingerprint density at radius 1 is 1.27 bits per heavy atom. The van der Waals surface area contributed by atoms with Crippen LogP contribution in [0.15, 0.2) is 42.5 Å². The van der Waals surface area contributed by atoms with Gasteiger partial charge in [-0.15, -0.1) is 0 Å². The normalized spacial score (nSPS) is 15.3. The van der Waals surface area contributed by atoms with E-state index in [0.717, 1.165) is 24.9 Å². The van der Waals surface area contributed by atoms with Crippen LogP contribution in [-0.4, -0.2) is 25.3 Å². The largest absolute Gasteiger partial charge is 0.504 e. The molecule has 0 radical (unpaired) electrons. The number of methoxy groups -OCH3 is 1. The van der Waals surface area contributed by atoms with Crippen LogP contribution in [-0.2, 0) is 6.42 Å². The molecule has 1 heterocycles. The molecule has 1 unspecified atom stereocenters. The standard InChI is InChI=1S/C18H22N2O2/c1-22-18-11-14(8-9-17(18)21)16(12-19)20-10-4-6-13-5-2-3-7-15(13)20/h2-3,5,7-9,11,16,21H,4,6,10,12,19H2,1H3. The first-order valence-corrected chi connectivity index (χ1v) is 7.66. The van der Waals surface area contributed by atoms with Crippen molar-refractivity contribution < 1.29 is 9.84 Å². The lowest BCUT2D eigenvalue weighted by Gasteiger charge is -2.38. The summed E-state index contributed by atoms with van der Waals surface area (Å²) in [6.07, 6.45) is 2.24. The van der Waals surface area contributed by atoms with Gasteiger partial charge in [-0.2, -0.15) is 0 Å². The Bertz CT molecular complexity index is 657. The third-order valence-corrected chi connectivity index (χ3v) is 4.33. The zero-order valence-electron chi connectivity index (χ0n) is 12.8. The number of fused-ring (bicyclic) bond motifs is 1. The molecule has 1 atom stereocenters. The number of hydrogen-bond donors (Lipinski definition) is 2. The third-order valence-electron chi connectivity index (χ3n) is 4.33. The summed E-state index contributed by atoms with van der Waals surface area (Å²) in [6, 6.07) is 14.1. The maximum absolute atomic E-state index is 9.79. The van der Waals surface area contributed by atoms with E-state index in [-0.39, 0.29) is 11.8 Å². The second-order valence-corrected chi connectivity index (χ2v) is 5.61. The first-order chi connectivity index (χ1) is 10.7. The fraction of sp³-hybridized carbons (Fsp3) is 0.333. The summed E-state index contributed by atoms with van der Waals surface area (Å²) < 4.78 is 5.23. The lowest BCUT2D eigenvalue weighted by atomic mass is 9.97. The number of rotatable bonds is 4. The van der Waals surface area contributed by atoms with Gasteiger partial charge < -0.3 is 20.5 Å². The minimum absolute atomic E-state index is 0.0796. The molecule has 4 nitrogen and oxygen atoms in total. The second kappa shape index (κ2) is 6.28. The minimum Gasteiger partial charge on any atom is -0.504 e. The highest BCUT2D eigenvalue weighted by atomic mass is 16.5. The van der Waals surface area contributed by atoms with Crippen molar-refractivity contribution in [1.29, 1.82) is 0 Å². The van der Waals surface area contributed by atoms with Crippen molar-refractivity contribution in [2.75, 3.05) is 25.1 Å². The van der Waals surface area contributed by atoms with Gasteiger partial charge in [0.2, 0.25) is 0 Å². The van der Waals surface area contributed by atoms with E-state index < -0.39 is 0 Å². The highest BCUT2D eigenvalue weighted by Crippen LogP contribution is 2.36. The van der Waals surface area contributed by atoms with E-state index in [4.69, 9.17) is 10.5 Å². The van der Waals surface area contributed by atoms with Gasteiger partial charge in [0.25, 0.3) is 0 Å². The average molecular weight is 298 g/mol. The monoisotopic (exact) mass is 298 g/mol. The number of aromatic hydroxyl groups is 1. The van der Waals surface area contributed by atoms with Crippen molar-refractivity contribution in [2.45, 2.75) is 18.9 Å². The van der Waals surface area contributed by atoms with Gasteiger partial charge in [0.15, 0.2) is 11.5 Å². The van der Waals surface area contributed by atoms with Gasteiger partial charge in [0.05, 0.1) is 13.2 Å². The molecule has 22 heavy (non-hydrogen) atoms. The Morgan fingerprint density at radius 2 is 2.09 bits per heavy atom. The summed E-state index contributed by atoms with van der Waals surface area (Å²) in [4.78, 5) is 2.37.